The van der Waals surface area contributed by atoms with Gasteiger partial charge in [-0.25, -0.2) is 0 Å². The molecule has 0 radical (unpaired) electrons. The maximum absolute atomic E-state index is 11.0. The predicted molar refractivity (Wildman–Crippen MR) is 70.3 cm³/mol. The van der Waals surface area contributed by atoms with Crippen molar-refractivity contribution in [2.45, 2.75) is 13.0 Å². The number of hydrogen-bond acceptors (Lipinski definition) is 5. The van der Waals surface area contributed by atoms with Gasteiger partial charge >= 0.3 is 5.69 Å². The molecule has 6 heteroatoms. The Hall–Kier alpha value is -1.66. The summed E-state index contributed by atoms with van der Waals surface area (Å²) < 4.78 is 10.9. The van der Waals surface area contributed by atoms with Gasteiger partial charge in [0.15, 0.2) is 5.75 Å². The van der Waals surface area contributed by atoms with Gasteiger partial charge in [-0.3, -0.25) is 10.1 Å². The molecular weight excluding hydrogens is 248 g/mol. The Bertz CT molecular complexity index is 444. The molecule has 1 N–H and O–H groups in total. The predicted octanol–water partition coefficient (Wildman–Crippen LogP) is 1.73. The first-order valence-corrected chi connectivity index (χ1v) is 6.33. The van der Waals surface area contributed by atoms with Crippen LogP contribution in [0.2, 0.25) is 0 Å². The third-order valence-corrected chi connectivity index (χ3v) is 3.10. The Balaban J connectivity index is 2.09. The lowest BCUT2D eigenvalue weighted by Gasteiger charge is -2.11. The summed E-state index contributed by atoms with van der Waals surface area (Å²) in [5.74, 6) is 0.664. The molecule has 0 spiro atoms. The summed E-state index contributed by atoms with van der Waals surface area (Å²) in [6, 6.07) is 4.96. The summed E-state index contributed by atoms with van der Waals surface area (Å²) in [6.07, 6.45) is 0.948. The van der Waals surface area contributed by atoms with Crippen molar-refractivity contribution in [3.63, 3.8) is 0 Å². The van der Waals surface area contributed by atoms with Crippen LogP contribution >= 0.6 is 0 Å². The maximum atomic E-state index is 11.0. The summed E-state index contributed by atoms with van der Waals surface area (Å²) in [4.78, 5) is 10.6. The molecule has 1 heterocycles. The van der Waals surface area contributed by atoms with Crippen LogP contribution in [0.4, 0.5) is 5.69 Å². The van der Waals surface area contributed by atoms with E-state index in [0.29, 0.717) is 31.4 Å². The van der Waals surface area contributed by atoms with E-state index in [2.05, 4.69) is 5.32 Å². The molecule has 1 aliphatic heterocycles. The van der Waals surface area contributed by atoms with Crippen LogP contribution in [-0.2, 0) is 11.3 Å². The van der Waals surface area contributed by atoms with Gasteiger partial charge in [0.25, 0.3) is 0 Å². The van der Waals surface area contributed by atoms with Crippen molar-refractivity contribution in [3.05, 3.63) is 33.9 Å². The van der Waals surface area contributed by atoms with Gasteiger partial charge in [0.1, 0.15) is 0 Å². The molecule has 19 heavy (non-hydrogen) atoms. The molecule has 0 amide bonds. The minimum absolute atomic E-state index is 0.0127. The maximum Gasteiger partial charge on any atom is 0.310 e. The molecule has 6 nitrogen and oxygen atoms in total. The number of nitro benzene ring substituents is 1. The number of hydrogen-bond donors (Lipinski definition) is 1. The van der Waals surface area contributed by atoms with Crippen LogP contribution in [0.5, 0.6) is 5.75 Å². The highest BCUT2D eigenvalue weighted by Gasteiger charge is 2.20. The van der Waals surface area contributed by atoms with E-state index in [1.807, 2.05) is 7.05 Å². The zero-order chi connectivity index (χ0) is 13.7. The van der Waals surface area contributed by atoms with Crippen LogP contribution in [0.25, 0.3) is 0 Å². The second-order valence-corrected chi connectivity index (χ2v) is 4.63. The molecule has 0 saturated carbocycles. The highest BCUT2D eigenvalue weighted by atomic mass is 16.6. The van der Waals surface area contributed by atoms with Crippen molar-refractivity contribution >= 4 is 5.69 Å². The molecule has 1 unspecified atom stereocenters. The largest absolute Gasteiger partial charge is 0.486 e. The van der Waals surface area contributed by atoms with Crippen LogP contribution in [0.3, 0.4) is 0 Å². The van der Waals surface area contributed by atoms with E-state index >= 15 is 0 Å². The Morgan fingerprint density at radius 2 is 2.42 bits per heavy atom. The quantitative estimate of drug-likeness (QED) is 0.627. The molecule has 0 bridgehead atoms. The first kappa shape index (κ1) is 13.8. The Morgan fingerprint density at radius 3 is 3.05 bits per heavy atom. The fourth-order valence-corrected chi connectivity index (χ4v) is 2.06. The molecule has 1 aromatic carbocycles. The van der Waals surface area contributed by atoms with Gasteiger partial charge < -0.3 is 14.8 Å². The van der Waals surface area contributed by atoms with Crippen LogP contribution in [0, 0.1) is 16.0 Å². The second kappa shape index (κ2) is 6.49. The van der Waals surface area contributed by atoms with Crippen molar-refractivity contribution in [1.82, 2.24) is 5.32 Å². The zero-order valence-electron chi connectivity index (χ0n) is 10.9. The highest BCUT2D eigenvalue weighted by Crippen LogP contribution is 2.29. The second-order valence-electron chi connectivity index (χ2n) is 4.63. The van der Waals surface area contributed by atoms with E-state index in [1.54, 1.807) is 12.1 Å². The van der Waals surface area contributed by atoms with Gasteiger partial charge in [-0.2, -0.15) is 0 Å². The van der Waals surface area contributed by atoms with Gasteiger partial charge in [-0.05, 0) is 25.1 Å². The Kier molecular flexibility index (Phi) is 4.70. The smallest absolute Gasteiger partial charge is 0.310 e. The first-order valence-electron chi connectivity index (χ1n) is 6.33. The van der Waals surface area contributed by atoms with Crippen LogP contribution in [0.1, 0.15) is 12.0 Å². The summed E-state index contributed by atoms with van der Waals surface area (Å²) in [5, 5.41) is 14.0. The van der Waals surface area contributed by atoms with Crippen LogP contribution in [-0.4, -0.2) is 31.8 Å². The monoisotopic (exact) mass is 266 g/mol. The fraction of sp³-hybridized carbons (Fsp3) is 0.538. The van der Waals surface area contributed by atoms with Crippen LogP contribution < -0.4 is 10.1 Å². The van der Waals surface area contributed by atoms with E-state index < -0.39 is 4.92 Å². The normalized spacial score (nSPS) is 18.5. The number of nitrogens with one attached hydrogen (secondary N) is 1. The summed E-state index contributed by atoms with van der Waals surface area (Å²) in [5.41, 5.74) is 0.976. The minimum atomic E-state index is -0.413. The molecule has 0 aromatic heterocycles. The molecular formula is C13H18N2O4. The number of rotatable bonds is 6. The van der Waals surface area contributed by atoms with Crippen molar-refractivity contribution in [2.24, 2.45) is 5.92 Å². The third kappa shape index (κ3) is 3.65. The summed E-state index contributed by atoms with van der Waals surface area (Å²) >= 11 is 0. The van der Waals surface area contributed by atoms with E-state index in [9.17, 15) is 10.1 Å². The van der Waals surface area contributed by atoms with Gasteiger partial charge in [-0.1, -0.05) is 6.07 Å². The Labute approximate surface area is 111 Å². The highest BCUT2D eigenvalue weighted by molar-refractivity contribution is 5.48. The van der Waals surface area contributed by atoms with E-state index in [4.69, 9.17) is 9.47 Å². The molecule has 1 aromatic rings. The first-order chi connectivity index (χ1) is 9.20. The lowest BCUT2D eigenvalue weighted by atomic mass is 10.1. The van der Waals surface area contributed by atoms with Crippen LogP contribution in [0.15, 0.2) is 18.2 Å². The number of nitro groups is 1. The van der Waals surface area contributed by atoms with Gasteiger partial charge in [0.05, 0.1) is 18.1 Å². The van der Waals surface area contributed by atoms with Gasteiger partial charge in [-0.15, -0.1) is 0 Å². The molecule has 0 aliphatic carbocycles. The average molecular weight is 266 g/mol. The van der Waals surface area contributed by atoms with Crippen molar-refractivity contribution in [1.29, 1.82) is 0 Å². The lowest BCUT2D eigenvalue weighted by molar-refractivity contribution is -0.385. The number of benzene rings is 1. The average Bonchev–Trinajstić information content (AvgIpc) is 2.89. The molecule has 1 saturated heterocycles. The molecule has 1 aliphatic rings. The number of ether oxygens (including phenoxy) is 2. The molecule has 1 atom stereocenters. The lowest BCUT2D eigenvalue weighted by Crippen LogP contribution is -2.13. The van der Waals surface area contributed by atoms with E-state index in [-0.39, 0.29) is 5.69 Å². The zero-order valence-corrected chi connectivity index (χ0v) is 10.9. The fourth-order valence-electron chi connectivity index (χ4n) is 2.06. The van der Waals surface area contributed by atoms with E-state index in [1.165, 1.54) is 6.07 Å². The standard InChI is InChI=1S/C13H18N2O4/c1-14-7-10-2-3-12(15(16)17)13(6-10)19-9-11-4-5-18-8-11/h2-3,6,11,14H,4-5,7-9H2,1H3. The van der Waals surface area contributed by atoms with Crippen molar-refractivity contribution in [2.75, 3.05) is 26.9 Å². The van der Waals surface area contributed by atoms with Crippen molar-refractivity contribution in [3.8, 4) is 5.75 Å². The topological polar surface area (TPSA) is 73.6 Å². The van der Waals surface area contributed by atoms with Gasteiger partial charge in [0, 0.05) is 25.1 Å². The van der Waals surface area contributed by atoms with E-state index in [0.717, 1.165) is 18.6 Å². The molecule has 2 rings (SSSR count). The molecule has 104 valence electrons. The third-order valence-electron chi connectivity index (χ3n) is 3.10. The molecule has 1 fully saturated rings. The minimum Gasteiger partial charge on any atom is -0.486 e. The summed E-state index contributed by atoms with van der Waals surface area (Å²) in [7, 11) is 1.83. The Morgan fingerprint density at radius 1 is 1.58 bits per heavy atom. The van der Waals surface area contributed by atoms with Gasteiger partial charge in [0.2, 0.25) is 0 Å². The number of nitrogens with zero attached hydrogens (tertiary/aromatic N) is 1. The SMILES string of the molecule is CNCc1ccc([N+](=O)[O-])c(OCC2CCOC2)c1. The summed E-state index contributed by atoms with van der Waals surface area (Å²) in [6.45, 7) is 2.53. The van der Waals surface area contributed by atoms with Crippen molar-refractivity contribution < 1.29 is 14.4 Å².